The Morgan fingerprint density at radius 3 is 2.37 bits per heavy atom. The third-order valence-electron chi connectivity index (χ3n) is 4.86. The van der Waals surface area contributed by atoms with Crippen LogP contribution in [0.1, 0.15) is 24.2 Å². The number of carbonyl (C=O) groups is 2. The molecular weight excluding hydrogens is 380 g/mol. The van der Waals surface area contributed by atoms with Gasteiger partial charge in [-0.05, 0) is 38.1 Å². The lowest BCUT2D eigenvalue weighted by atomic mass is 10.1. The largest absolute Gasteiger partial charge is 0.496 e. The van der Waals surface area contributed by atoms with E-state index in [0.717, 1.165) is 5.69 Å². The molecule has 0 spiro atoms. The van der Waals surface area contributed by atoms with Crippen LogP contribution < -0.4 is 10.1 Å². The number of hydrogen-bond donors (Lipinski definition) is 1. The highest BCUT2D eigenvalue weighted by atomic mass is 16.5. The van der Waals surface area contributed by atoms with Crippen LogP contribution >= 0.6 is 0 Å². The Labute approximate surface area is 176 Å². The van der Waals surface area contributed by atoms with Crippen molar-refractivity contribution < 1.29 is 14.3 Å². The molecule has 3 rings (SSSR count). The van der Waals surface area contributed by atoms with E-state index in [9.17, 15) is 9.59 Å². The highest BCUT2D eigenvalue weighted by Crippen LogP contribution is 2.31. The standard InChI is InChI=1S/C23H26N4O3/c1-4-26(5-2)21(28)15-24-23(29)19-16-27(17-11-7-6-8-12-17)25-22(19)18-13-9-10-14-20(18)30-3/h6-14,16H,4-5,15H2,1-3H3,(H,24,29). The first-order chi connectivity index (χ1) is 14.6. The fourth-order valence-corrected chi connectivity index (χ4v) is 3.23. The first kappa shape index (κ1) is 21.1. The van der Waals surface area contributed by atoms with Gasteiger partial charge in [-0.25, -0.2) is 4.68 Å². The lowest BCUT2D eigenvalue weighted by Gasteiger charge is -2.18. The zero-order valence-electron chi connectivity index (χ0n) is 17.5. The summed E-state index contributed by atoms with van der Waals surface area (Å²) >= 11 is 0. The van der Waals surface area contributed by atoms with Gasteiger partial charge in [-0.15, -0.1) is 0 Å². The molecule has 2 aromatic carbocycles. The van der Waals surface area contributed by atoms with E-state index in [-0.39, 0.29) is 18.4 Å². The van der Waals surface area contributed by atoms with Crippen molar-refractivity contribution >= 4 is 11.8 Å². The molecule has 0 saturated carbocycles. The first-order valence-corrected chi connectivity index (χ1v) is 9.93. The maximum Gasteiger partial charge on any atom is 0.255 e. The monoisotopic (exact) mass is 406 g/mol. The van der Waals surface area contributed by atoms with Crippen LogP contribution in [0.4, 0.5) is 0 Å². The molecule has 7 heteroatoms. The summed E-state index contributed by atoms with van der Waals surface area (Å²) in [6.07, 6.45) is 1.67. The fraction of sp³-hybridized carbons (Fsp3) is 0.261. The zero-order chi connectivity index (χ0) is 21.5. The third-order valence-corrected chi connectivity index (χ3v) is 4.86. The topological polar surface area (TPSA) is 76.5 Å². The van der Waals surface area contributed by atoms with E-state index in [1.807, 2.05) is 68.4 Å². The molecule has 0 atom stereocenters. The molecule has 7 nitrogen and oxygen atoms in total. The molecule has 2 amide bonds. The number of methoxy groups -OCH3 is 1. The molecule has 0 saturated heterocycles. The second kappa shape index (κ2) is 9.73. The van der Waals surface area contributed by atoms with Gasteiger partial charge in [0.05, 0.1) is 24.9 Å². The first-order valence-electron chi connectivity index (χ1n) is 9.93. The highest BCUT2D eigenvalue weighted by molar-refractivity contribution is 6.01. The van der Waals surface area contributed by atoms with Gasteiger partial charge in [0, 0.05) is 24.8 Å². The van der Waals surface area contributed by atoms with Gasteiger partial charge in [-0.1, -0.05) is 30.3 Å². The lowest BCUT2D eigenvalue weighted by Crippen LogP contribution is -2.40. The number of rotatable bonds is 8. The Kier molecular flexibility index (Phi) is 6.85. The number of hydrogen-bond acceptors (Lipinski definition) is 4. The minimum absolute atomic E-state index is 0.0671. The Morgan fingerprint density at radius 2 is 1.70 bits per heavy atom. The molecule has 1 aromatic heterocycles. The van der Waals surface area contributed by atoms with Crippen LogP contribution in [0.5, 0.6) is 5.75 Å². The normalized spacial score (nSPS) is 10.5. The van der Waals surface area contributed by atoms with Gasteiger partial charge in [0.15, 0.2) is 0 Å². The van der Waals surface area contributed by atoms with Crippen molar-refractivity contribution in [2.75, 3.05) is 26.7 Å². The lowest BCUT2D eigenvalue weighted by molar-refractivity contribution is -0.129. The van der Waals surface area contributed by atoms with E-state index in [2.05, 4.69) is 10.4 Å². The van der Waals surface area contributed by atoms with E-state index in [4.69, 9.17) is 4.74 Å². The average molecular weight is 406 g/mol. The number of nitrogens with zero attached hydrogens (tertiary/aromatic N) is 3. The maximum absolute atomic E-state index is 13.0. The highest BCUT2D eigenvalue weighted by Gasteiger charge is 2.22. The van der Waals surface area contributed by atoms with Gasteiger partial charge in [0.2, 0.25) is 5.91 Å². The van der Waals surface area contributed by atoms with Crippen molar-refractivity contribution in [1.29, 1.82) is 0 Å². The molecule has 30 heavy (non-hydrogen) atoms. The summed E-state index contributed by atoms with van der Waals surface area (Å²) in [5.41, 5.74) is 2.39. The number of ether oxygens (including phenoxy) is 1. The Morgan fingerprint density at radius 1 is 1.03 bits per heavy atom. The molecule has 0 aliphatic carbocycles. The van der Waals surface area contributed by atoms with Crippen molar-refractivity contribution in [3.63, 3.8) is 0 Å². The number of likely N-dealkylation sites (N-methyl/N-ethyl adjacent to an activating group) is 1. The van der Waals surface area contributed by atoms with Crippen LogP contribution in [0, 0.1) is 0 Å². The van der Waals surface area contributed by atoms with Crippen LogP contribution in [-0.2, 0) is 4.79 Å². The second-order valence-electron chi connectivity index (χ2n) is 6.62. The number of benzene rings is 2. The number of para-hydroxylation sites is 2. The van der Waals surface area contributed by atoms with Crippen molar-refractivity contribution in [3.05, 3.63) is 66.4 Å². The minimum Gasteiger partial charge on any atom is -0.496 e. The second-order valence-corrected chi connectivity index (χ2v) is 6.62. The predicted molar refractivity (Wildman–Crippen MR) is 116 cm³/mol. The molecule has 156 valence electrons. The summed E-state index contributed by atoms with van der Waals surface area (Å²) in [4.78, 5) is 27.0. The summed E-state index contributed by atoms with van der Waals surface area (Å²) in [7, 11) is 1.58. The average Bonchev–Trinajstić information content (AvgIpc) is 3.24. The molecule has 3 aromatic rings. The molecule has 0 bridgehead atoms. The molecule has 0 aliphatic heterocycles. The van der Waals surface area contributed by atoms with Gasteiger partial charge in [-0.2, -0.15) is 5.10 Å². The Bertz CT molecular complexity index is 1010. The van der Waals surface area contributed by atoms with E-state index in [1.54, 1.807) is 22.9 Å². The molecule has 0 aliphatic rings. The van der Waals surface area contributed by atoms with Crippen molar-refractivity contribution in [3.8, 4) is 22.7 Å². The van der Waals surface area contributed by atoms with Gasteiger partial charge < -0.3 is 15.0 Å². The summed E-state index contributed by atoms with van der Waals surface area (Å²) in [6, 6.07) is 16.9. The van der Waals surface area contributed by atoms with E-state index < -0.39 is 0 Å². The van der Waals surface area contributed by atoms with Gasteiger partial charge in [-0.3, -0.25) is 9.59 Å². The smallest absolute Gasteiger partial charge is 0.255 e. The van der Waals surface area contributed by atoms with Crippen molar-refractivity contribution in [2.24, 2.45) is 0 Å². The zero-order valence-corrected chi connectivity index (χ0v) is 17.5. The molecule has 1 N–H and O–H groups in total. The summed E-state index contributed by atoms with van der Waals surface area (Å²) < 4.78 is 7.12. The van der Waals surface area contributed by atoms with Crippen molar-refractivity contribution in [1.82, 2.24) is 20.0 Å². The van der Waals surface area contributed by atoms with Crippen molar-refractivity contribution in [2.45, 2.75) is 13.8 Å². The van der Waals surface area contributed by atoms with Crippen LogP contribution in [0.2, 0.25) is 0 Å². The number of carbonyl (C=O) groups excluding carboxylic acids is 2. The maximum atomic E-state index is 13.0. The van der Waals surface area contributed by atoms with Crippen LogP contribution in [0.3, 0.4) is 0 Å². The summed E-state index contributed by atoms with van der Waals surface area (Å²) in [5.74, 6) is 0.130. The third kappa shape index (κ3) is 4.51. The summed E-state index contributed by atoms with van der Waals surface area (Å²) in [5, 5.41) is 7.39. The Hall–Kier alpha value is -3.61. The number of amides is 2. The summed E-state index contributed by atoms with van der Waals surface area (Å²) in [6.45, 7) is 4.95. The predicted octanol–water partition coefficient (Wildman–Crippen LogP) is 3.15. The fourth-order valence-electron chi connectivity index (χ4n) is 3.23. The van der Waals surface area contributed by atoms with Crippen LogP contribution in [0.25, 0.3) is 16.9 Å². The molecular formula is C23H26N4O3. The number of aromatic nitrogens is 2. The van der Waals surface area contributed by atoms with Gasteiger partial charge in [0.1, 0.15) is 11.4 Å². The van der Waals surface area contributed by atoms with E-state index in [1.165, 1.54) is 0 Å². The van der Waals surface area contributed by atoms with E-state index >= 15 is 0 Å². The minimum atomic E-state index is -0.362. The molecule has 0 fully saturated rings. The van der Waals surface area contributed by atoms with E-state index in [0.29, 0.717) is 35.7 Å². The SMILES string of the molecule is CCN(CC)C(=O)CNC(=O)c1cn(-c2ccccc2)nc1-c1ccccc1OC. The molecule has 1 heterocycles. The quantitative estimate of drug-likeness (QED) is 0.624. The molecule has 0 radical (unpaired) electrons. The Balaban J connectivity index is 1.97. The number of nitrogens with one attached hydrogen (secondary N) is 1. The van der Waals surface area contributed by atoms with Crippen LogP contribution in [-0.4, -0.2) is 53.2 Å². The van der Waals surface area contributed by atoms with Gasteiger partial charge in [0.25, 0.3) is 5.91 Å². The van der Waals surface area contributed by atoms with Gasteiger partial charge >= 0.3 is 0 Å². The molecule has 0 unspecified atom stereocenters. The van der Waals surface area contributed by atoms with Crippen LogP contribution in [0.15, 0.2) is 60.8 Å².